The van der Waals surface area contributed by atoms with Gasteiger partial charge in [0.15, 0.2) is 0 Å². The van der Waals surface area contributed by atoms with Crippen LogP contribution in [0.25, 0.3) is 0 Å². The Labute approximate surface area is 160 Å². The van der Waals surface area contributed by atoms with Crippen LogP contribution >= 0.6 is 0 Å². The predicted molar refractivity (Wildman–Crippen MR) is 103 cm³/mol. The van der Waals surface area contributed by atoms with E-state index in [0.29, 0.717) is 26.2 Å². The molecule has 0 aliphatic carbocycles. The van der Waals surface area contributed by atoms with Crippen molar-refractivity contribution < 1.29 is 9.59 Å². The lowest BCUT2D eigenvalue weighted by Crippen LogP contribution is -2.59. The van der Waals surface area contributed by atoms with Crippen LogP contribution in [0.4, 0.5) is 4.79 Å². The van der Waals surface area contributed by atoms with Crippen molar-refractivity contribution in [1.82, 2.24) is 24.7 Å². The molecule has 1 aliphatic heterocycles. The molecular formula is C20H27N5O2. The summed E-state index contributed by atoms with van der Waals surface area (Å²) in [5.41, 5.74) is 3.24. The zero-order valence-electron chi connectivity index (χ0n) is 16.2. The van der Waals surface area contributed by atoms with Crippen molar-refractivity contribution in [2.24, 2.45) is 0 Å². The average molecular weight is 369 g/mol. The van der Waals surface area contributed by atoms with E-state index < -0.39 is 6.04 Å². The molecule has 0 saturated carbocycles. The van der Waals surface area contributed by atoms with E-state index in [1.807, 2.05) is 41.5 Å². The number of imidazole rings is 1. The lowest BCUT2D eigenvalue weighted by atomic mass is 10.1. The van der Waals surface area contributed by atoms with E-state index in [9.17, 15) is 9.59 Å². The summed E-state index contributed by atoms with van der Waals surface area (Å²) in [5.74, 6) is -0.0171. The summed E-state index contributed by atoms with van der Waals surface area (Å²) in [7, 11) is 0. The Balaban J connectivity index is 1.58. The summed E-state index contributed by atoms with van der Waals surface area (Å²) in [4.78, 5) is 32.9. The highest BCUT2D eigenvalue weighted by atomic mass is 16.2. The molecule has 1 N–H and O–H groups in total. The number of rotatable bonds is 5. The maximum atomic E-state index is 12.8. The van der Waals surface area contributed by atoms with Crippen LogP contribution < -0.4 is 5.32 Å². The highest BCUT2D eigenvalue weighted by Crippen LogP contribution is 2.16. The van der Waals surface area contributed by atoms with Crippen molar-refractivity contribution in [1.29, 1.82) is 0 Å². The Kier molecular flexibility index (Phi) is 5.78. The van der Waals surface area contributed by atoms with Gasteiger partial charge in [-0.05, 0) is 26.3 Å². The molecule has 1 atom stereocenters. The zero-order chi connectivity index (χ0) is 19.4. The minimum absolute atomic E-state index is 0.0171. The molecule has 0 radical (unpaired) electrons. The maximum Gasteiger partial charge on any atom is 0.318 e. The van der Waals surface area contributed by atoms with Gasteiger partial charge in [0, 0.05) is 32.4 Å². The van der Waals surface area contributed by atoms with Gasteiger partial charge in [0.25, 0.3) is 0 Å². The van der Waals surface area contributed by atoms with E-state index in [2.05, 4.69) is 16.4 Å². The number of nitrogens with one attached hydrogen (secondary N) is 1. The Hall–Kier alpha value is -2.83. The van der Waals surface area contributed by atoms with Crippen LogP contribution in [0.3, 0.4) is 0 Å². The number of aryl methyl sites for hydroxylation is 2. The van der Waals surface area contributed by atoms with E-state index in [1.165, 1.54) is 5.56 Å². The number of carbonyl (C=O) groups is 2. The lowest BCUT2D eigenvalue weighted by Gasteiger charge is -2.39. The van der Waals surface area contributed by atoms with Gasteiger partial charge in [0.1, 0.15) is 6.04 Å². The molecule has 27 heavy (non-hydrogen) atoms. The van der Waals surface area contributed by atoms with Crippen molar-refractivity contribution in [3.63, 3.8) is 0 Å². The van der Waals surface area contributed by atoms with Gasteiger partial charge in [0.2, 0.25) is 5.91 Å². The largest absolute Gasteiger partial charge is 0.335 e. The number of amides is 3. The van der Waals surface area contributed by atoms with Gasteiger partial charge in [-0.15, -0.1) is 0 Å². The number of benzene rings is 1. The van der Waals surface area contributed by atoms with Gasteiger partial charge < -0.3 is 19.7 Å². The van der Waals surface area contributed by atoms with Gasteiger partial charge >= 0.3 is 6.03 Å². The molecule has 144 valence electrons. The van der Waals surface area contributed by atoms with Crippen molar-refractivity contribution in [3.8, 4) is 0 Å². The summed E-state index contributed by atoms with van der Waals surface area (Å²) < 4.78 is 1.98. The van der Waals surface area contributed by atoms with Crippen LogP contribution in [-0.2, 0) is 24.4 Å². The Morgan fingerprint density at radius 3 is 2.89 bits per heavy atom. The Morgan fingerprint density at radius 2 is 2.15 bits per heavy atom. The minimum Gasteiger partial charge on any atom is -0.335 e. The summed E-state index contributed by atoms with van der Waals surface area (Å²) >= 11 is 0. The summed E-state index contributed by atoms with van der Waals surface area (Å²) in [6.07, 6.45) is 3.50. The number of urea groups is 1. The highest BCUT2D eigenvalue weighted by Gasteiger charge is 2.34. The second-order valence-corrected chi connectivity index (χ2v) is 6.95. The molecule has 0 spiro atoms. The molecule has 7 heteroatoms. The van der Waals surface area contributed by atoms with Crippen LogP contribution in [0.2, 0.25) is 0 Å². The quantitative estimate of drug-likeness (QED) is 0.878. The number of nitrogens with zero attached hydrogens (tertiary/aromatic N) is 4. The molecule has 1 saturated heterocycles. The van der Waals surface area contributed by atoms with Crippen molar-refractivity contribution in [3.05, 3.63) is 53.6 Å². The van der Waals surface area contributed by atoms with Gasteiger partial charge in [-0.3, -0.25) is 4.79 Å². The minimum atomic E-state index is -0.473. The summed E-state index contributed by atoms with van der Waals surface area (Å²) in [6, 6.07) is 7.48. The molecule has 2 heterocycles. The van der Waals surface area contributed by atoms with Gasteiger partial charge in [-0.2, -0.15) is 0 Å². The first-order valence-corrected chi connectivity index (χ1v) is 9.37. The number of piperazine rings is 1. The van der Waals surface area contributed by atoms with Crippen LogP contribution in [0, 0.1) is 6.92 Å². The third kappa shape index (κ3) is 4.30. The molecule has 0 bridgehead atoms. The molecular weight excluding hydrogens is 342 g/mol. The van der Waals surface area contributed by atoms with Crippen molar-refractivity contribution in [2.75, 3.05) is 13.1 Å². The molecule has 3 amide bonds. The van der Waals surface area contributed by atoms with Gasteiger partial charge in [0.05, 0.1) is 18.6 Å². The predicted octanol–water partition coefficient (Wildman–Crippen LogP) is 2.15. The normalized spacial score (nSPS) is 17.3. The maximum absolute atomic E-state index is 12.8. The monoisotopic (exact) mass is 369 g/mol. The van der Waals surface area contributed by atoms with Gasteiger partial charge in [-0.1, -0.05) is 29.8 Å². The van der Waals surface area contributed by atoms with Gasteiger partial charge in [-0.25, -0.2) is 9.78 Å². The van der Waals surface area contributed by atoms with E-state index in [-0.39, 0.29) is 11.9 Å². The SMILES string of the molecule is CCn1cncc1CNC(=O)N1CCN(Cc2cccc(C)c2)C(=O)[C@H]1C. The molecule has 1 aromatic heterocycles. The lowest BCUT2D eigenvalue weighted by molar-refractivity contribution is -0.139. The van der Waals surface area contributed by atoms with Crippen LogP contribution in [0.1, 0.15) is 30.7 Å². The first-order valence-electron chi connectivity index (χ1n) is 9.37. The van der Waals surface area contributed by atoms with Crippen molar-refractivity contribution in [2.45, 2.75) is 46.4 Å². The number of hydrogen-bond acceptors (Lipinski definition) is 3. The topological polar surface area (TPSA) is 70.5 Å². The second kappa shape index (κ2) is 8.24. The fraction of sp³-hybridized carbons (Fsp3) is 0.450. The zero-order valence-corrected chi connectivity index (χ0v) is 16.2. The third-order valence-corrected chi connectivity index (χ3v) is 5.02. The van der Waals surface area contributed by atoms with E-state index in [0.717, 1.165) is 17.8 Å². The Morgan fingerprint density at radius 1 is 1.33 bits per heavy atom. The second-order valence-electron chi connectivity index (χ2n) is 6.95. The number of hydrogen-bond donors (Lipinski definition) is 1. The molecule has 2 aromatic rings. The summed E-state index contributed by atoms with van der Waals surface area (Å²) in [6.45, 7) is 8.71. The Bertz CT molecular complexity index is 816. The molecule has 7 nitrogen and oxygen atoms in total. The summed E-state index contributed by atoms with van der Waals surface area (Å²) in [5, 5.41) is 2.91. The van der Waals surface area contributed by atoms with Crippen molar-refractivity contribution >= 4 is 11.9 Å². The fourth-order valence-corrected chi connectivity index (χ4v) is 3.44. The molecule has 1 aliphatic rings. The van der Waals surface area contributed by atoms with Crippen LogP contribution in [-0.4, -0.2) is 50.4 Å². The van der Waals surface area contributed by atoms with E-state index in [1.54, 1.807) is 24.3 Å². The number of aromatic nitrogens is 2. The first-order chi connectivity index (χ1) is 13.0. The molecule has 1 aromatic carbocycles. The van der Waals surface area contributed by atoms with Crippen LogP contribution in [0.15, 0.2) is 36.8 Å². The smallest absolute Gasteiger partial charge is 0.318 e. The highest BCUT2D eigenvalue weighted by molar-refractivity contribution is 5.88. The average Bonchev–Trinajstić information content (AvgIpc) is 3.11. The van der Waals surface area contributed by atoms with E-state index in [4.69, 9.17) is 0 Å². The molecule has 3 rings (SSSR count). The van der Waals surface area contributed by atoms with Crippen LogP contribution in [0.5, 0.6) is 0 Å². The standard InChI is InChI=1S/C20H27N5O2/c1-4-23-14-21-11-18(23)12-22-20(27)25-9-8-24(19(26)16(25)3)13-17-7-5-6-15(2)10-17/h5-7,10-11,14,16H,4,8-9,12-13H2,1-3H3,(H,22,27)/t16-/m1/s1. The number of carbonyl (C=O) groups excluding carboxylic acids is 2. The van der Waals surface area contributed by atoms with E-state index >= 15 is 0 Å². The third-order valence-electron chi connectivity index (χ3n) is 5.02. The molecule has 1 fully saturated rings. The fourth-order valence-electron chi connectivity index (χ4n) is 3.44. The molecule has 0 unspecified atom stereocenters. The first kappa shape index (κ1) is 18.9.